The van der Waals surface area contributed by atoms with Crippen molar-refractivity contribution in [2.75, 3.05) is 17.2 Å². The molecule has 2 N–H and O–H groups in total. The highest BCUT2D eigenvalue weighted by Gasteiger charge is 2.05. The first-order valence-electron chi connectivity index (χ1n) is 6.10. The molecule has 0 radical (unpaired) electrons. The number of rotatable bonds is 4. The van der Waals surface area contributed by atoms with Crippen molar-refractivity contribution in [1.29, 1.82) is 0 Å². The molecule has 20 heavy (non-hydrogen) atoms. The zero-order valence-electron chi connectivity index (χ0n) is 10.9. The lowest BCUT2D eigenvalue weighted by Crippen LogP contribution is -2.21. The molecular weight excluding hydrogens is 340 g/mol. The lowest BCUT2D eigenvalue weighted by Gasteiger charge is -2.09. The largest absolute Gasteiger partial charge is 0.376 e. The Morgan fingerprint density at radius 3 is 2.55 bits per heavy atom. The van der Waals surface area contributed by atoms with Crippen LogP contribution in [0.5, 0.6) is 0 Å². The van der Waals surface area contributed by atoms with Crippen molar-refractivity contribution in [2.45, 2.75) is 6.92 Å². The van der Waals surface area contributed by atoms with E-state index in [0.717, 1.165) is 15.7 Å². The summed E-state index contributed by atoms with van der Waals surface area (Å²) in [6.45, 7) is 2.14. The van der Waals surface area contributed by atoms with Crippen LogP contribution in [0, 0.1) is 6.92 Å². The van der Waals surface area contributed by atoms with Gasteiger partial charge in [0.15, 0.2) is 0 Å². The third-order valence-electron chi connectivity index (χ3n) is 2.70. The van der Waals surface area contributed by atoms with Crippen molar-refractivity contribution < 1.29 is 4.79 Å². The summed E-state index contributed by atoms with van der Waals surface area (Å²) in [6.07, 6.45) is 0. The second kappa shape index (κ2) is 6.77. The van der Waals surface area contributed by atoms with E-state index in [1.807, 2.05) is 43.3 Å². The number of hydrogen-bond donors (Lipinski definition) is 2. The summed E-state index contributed by atoms with van der Waals surface area (Å²) in [5.41, 5.74) is 2.57. The van der Waals surface area contributed by atoms with E-state index < -0.39 is 0 Å². The molecule has 0 unspecified atom stereocenters. The third-order valence-corrected chi connectivity index (χ3v) is 3.54. The lowest BCUT2D eigenvalue weighted by atomic mass is 10.2. The van der Waals surface area contributed by atoms with Crippen LogP contribution in [0.15, 0.2) is 46.9 Å². The van der Waals surface area contributed by atoms with E-state index in [1.165, 1.54) is 0 Å². The second-order valence-electron chi connectivity index (χ2n) is 4.39. The van der Waals surface area contributed by atoms with E-state index in [2.05, 4.69) is 26.6 Å². The molecule has 3 nitrogen and oxygen atoms in total. The fourth-order valence-electron chi connectivity index (χ4n) is 1.67. The molecule has 1 amide bonds. The van der Waals surface area contributed by atoms with E-state index >= 15 is 0 Å². The number of hydrogen-bond acceptors (Lipinski definition) is 2. The quantitative estimate of drug-likeness (QED) is 0.852. The number of benzene rings is 2. The van der Waals surface area contributed by atoms with Crippen LogP contribution in [-0.4, -0.2) is 12.5 Å². The van der Waals surface area contributed by atoms with Crippen molar-refractivity contribution in [2.24, 2.45) is 0 Å². The maximum Gasteiger partial charge on any atom is 0.243 e. The number of carbonyl (C=O) groups excluding carboxylic acids is 1. The van der Waals surface area contributed by atoms with Gasteiger partial charge in [0.1, 0.15) is 0 Å². The van der Waals surface area contributed by atoms with Gasteiger partial charge >= 0.3 is 0 Å². The summed E-state index contributed by atoms with van der Waals surface area (Å²) in [6, 6.07) is 13.2. The molecule has 0 fully saturated rings. The SMILES string of the molecule is Cc1ccc(NC(=O)CNc2ccc(Br)cc2)c(Cl)c1. The maximum atomic E-state index is 11.8. The Hall–Kier alpha value is -1.52. The van der Waals surface area contributed by atoms with Gasteiger partial charge in [0.25, 0.3) is 0 Å². The standard InChI is InChI=1S/C15H14BrClN2O/c1-10-2-7-14(13(17)8-10)19-15(20)9-18-12-5-3-11(16)4-6-12/h2-8,18H,9H2,1H3,(H,19,20). The summed E-state index contributed by atoms with van der Waals surface area (Å²) in [4.78, 5) is 11.8. The Labute approximate surface area is 131 Å². The van der Waals surface area contributed by atoms with Crippen LogP contribution >= 0.6 is 27.5 Å². The zero-order valence-corrected chi connectivity index (χ0v) is 13.3. The van der Waals surface area contributed by atoms with Crippen LogP contribution in [-0.2, 0) is 4.79 Å². The molecule has 2 aromatic carbocycles. The Morgan fingerprint density at radius 1 is 1.20 bits per heavy atom. The Balaban J connectivity index is 1.90. The lowest BCUT2D eigenvalue weighted by molar-refractivity contribution is -0.114. The average Bonchev–Trinajstić information content (AvgIpc) is 2.41. The molecule has 0 saturated carbocycles. The van der Waals surface area contributed by atoms with Crippen LogP contribution in [0.1, 0.15) is 5.56 Å². The molecule has 0 atom stereocenters. The average molecular weight is 354 g/mol. The Bertz CT molecular complexity index is 614. The van der Waals surface area contributed by atoms with Gasteiger partial charge in [0.2, 0.25) is 5.91 Å². The molecule has 2 aromatic rings. The second-order valence-corrected chi connectivity index (χ2v) is 5.71. The van der Waals surface area contributed by atoms with Crippen molar-refractivity contribution in [3.8, 4) is 0 Å². The first-order valence-corrected chi connectivity index (χ1v) is 7.27. The predicted octanol–water partition coefficient (Wildman–Crippen LogP) is 4.46. The monoisotopic (exact) mass is 352 g/mol. The minimum absolute atomic E-state index is 0.140. The topological polar surface area (TPSA) is 41.1 Å². The smallest absolute Gasteiger partial charge is 0.243 e. The molecule has 2 rings (SSSR count). The van der Waals surface area contributed by atoms with Gasteiger partial charge in [-0.25, -0.2) is 0 Å². The first-order chi connectivity index (χ1) is 9.54. The summed E-state index contributed by atoms with van der Waals surface area (Å²) >= 11 is 9.43. The number of carbonyl (C=O) groups is 1. The van der Waals surface area contributed by atoms with Crippen molar-refractivity contribution in [1.82, 2.24) is 0 Å². The zero-order chi connectivity index (χ0) is 14.5. The summed E-state index contributed by atoms with van der Waals surface area (Å²) in [5.74, 6) is -0.140. The van der Waals surface area contributed by atoms with Gasteiger partial charge in [0.05, 0.1) is 17.3 Å². The highest BCUT2D eigenvalue weighted by molar-refractivity contribution is 9.10. The van der Waals surface area contributed by atoms with Gasteiger partial charge in [-0.2, -0.15) is 0 Å². The Morgan fingerprint density at radius 2 is 1.90 bits per heavy atom. The van der Waals surface area contributed by atoms with E-state index in [4.69, 9.17) is 11.6 Å². The van der Waals surface area contributed by atoms with Crippen LogP contribution < -0.4 is 10.6 Å². The minimum atomic E-state index is -0.140. The highest BCUT2D eigenvalue weighted by atomic mass is 79.9. The first kappa shape index (κ1) is 14.9. The fraction of sp³-hybridized carbons (Fsp3) is 0.133. The molecule has 104 valence electrons. The van der Waals surface area contributed by atoms with Gasteiger partial charge in [-0.15, -0.1) is 0 Å². The number of nitrogens with one attached hydrogen (secondary N) is 2. The molecule has 0 aromatic heterocycles. The molecule has 0 bridgehead atoms. The molecule has 0 spiro atoms. The van der Waals surface area contributed by atoms with E-state index in [9.17, 15) is 4.79 Å². The van der Waals surface area contributed by atoms with Crippen molar-refractivity contribution >= 4 is 44.8 Å². The molecular formula is C15H14BrClN2O. The van der Waals surface area contributed by atoms with Crippen LogP contribution in [0.25, 0.3) is 0 Å². The molecule has 0 aliphatic rings. The fourth-order valence-corrected chi connectivity index (χ4v) is 2.21. The van der Waals surface area contributed by atoms with Gasteiger partial charge in [-0.1, -0.05) is 33.6 Å². The number of halogens is 2. The van der Waals surface area contributed by atoms with E-state index in [-0.39, 0.29) is 12.5 Å². The van der Waals surface area contributed by atoms with Crippen molar-refractivity contribution in [3.63, 3.8) is 0 Å². The number of amides is 1. The molecule has 5 heteroatoms. The molecule has 0 heterocycles. The van der Waals surface area contributed by atoms with E-state index in [1.54, 1.807) is 6.07 Å². The van der Waals surface area contributed by atoms with Crippen LogP contribution in [0.3, 0.4) is 0 Å². The highest BCUT2D eigenvalue weighted by Crippen LogP contribution is 2.22. The number of anilines is 2. The molecule has 0 saturated heterocycles. The normalized spacial score (nSPS) is 10.2. The number of aryl methyl sites for hydroxylation is 1. The van der Waals surface area contributed by atoms with Gasteiger partial charge in [-0.05, 0) is 48.9 Å². The summed E-state index contributed by atoms with van der Waals surface area (Å²) < 4.78 is 0.999. The predicted molar refractivity (Wildman–Crippen MR) is 87.5 cm³/mol. The van der Waals surface area contributed by atoms with Gasteiger partial charge in [-0.3, -0.25) is 4.79 Å². The molecule has 0 aliphatic heterocycles. The van der Waals surface area contributed by atoms with Gasteiger partial charge in [0, 0.05) is 10.2 Å². The third kappa shape index (κ3) is 4.25. The van der Waals surface area contributed by atoms with Crippen LogP contribution in [0.2, 0.25) is 5.02 Å². The van der Waals surface area contributed by atoms with Gasteiger partial charge < -0.3 is 10.6 Å². The minimum Gasteiger partial charge on any atom is -0.376 e. The van der Waals surface area contributed by atoms with Crippen molar-refractivity contribution in [3.05, 3.63) is 57.5 Å². The maximum absolute atomic E-state index is 11.8. The summed E-state index contributed by atoms with van der Waals surface area (Å²) in [5, 5.41) is 6.37. The molecule has 0 aliphatic carbocycles. The Kier molecular flexibility index (Phi) is 5.04. The van der Waals surface area contributed by atoms with E-state index in [0.29, 0.717) is 10.7 Å². The van der Waals surface area contributed by atoms with Crippen LogP contribution in [0.4, 0.5) is 11.4 Å². The summed E-state index contributed by atoms with van der Waals surface area (Å²) in [7, 11) is 0.